The first-order chi connectivity index (χ1) is 12.9. The van der Waals surface area contributed by atoms with Gasteiger partial charge < -0.3 is 9.80 Å². The van der Waals surface area contributed by atoms with Gasteiger partial charge in [0.05, 0.1) is 6.67 Å². The lowest BCUT2D eigenvalue weighted by Crippen LogP contribution is -2.27. The molecule has 2 nitrogen and oxygen atoms in total. The van der Waals surface area contributed by atoms with Crippen molar-refractivity contribution in [3.63, 3.8) is 0 Å². The average Bonchev–Trinajstić information content (AvgIpc) is 3.03. The minimum absolute atomic E-state index is 1.00. The summed E-state index contributed by atoms with van der Waals surface area (Å²) in [6, 6.07) is 9.48. The SMILES string of the molecule is CCCc1cc(C)cc(C)c1N1CCN(c2c(C)cc(C)cc2CCC)C1. The number of aryl methyl sites for hydroxylation is 6. The van der Waals surface area contributed by atoms with Crippen molar-refractivity contribution < 1.29 is 0 Å². The summed E-state index contributed by atoms with van der Waals surface area (Å²) < 4.78 is 0. The van der Waals surface area contributed by atoms with Crippen molar-refractivity contribution in [3.8, 4) is 0 Å². The van der Waals surface area contributed by atoms with Crippen LogP contribution in [-0.2, 0) is 12.8 Å². The Morgan fingerprint density at radius 3 is 1.44 bits per heavy atom. The standard InChI is InChI=1S/C25H36N2/c1-7-9-22-15-18(3)13-20(5)24(22)26-11-12-27(17-26)25-21(6)14-19(4)16-23(25)10-8-2/h13-16H,7-12,17H2,1-6H3. The van der Waals surface area contributed by atoms with E-state index in [1.54, 1.807) is 0 Å². The van der Waals surface area contributed by atoms with Crippen LogP contribution in [0.2, 0.25) is 0 Å². The first-order valence-corrected chi connectivity index (χ1v) is 10.6. The Bertz CT molecular complexity index is 739. The predicted molar refractivity (Wildman–Crippen MR) is 119 cm³/mol. The molecule has 2 aromatic rings. The van der Waals surface area contributed by atoms with E-state index in [4.69, 9.17) is 0 Å². The van der Waals surface area contributed by atoms with E-state index < -0.39 is 0 Å². The maximum atomic E-state index is 2.61. The zero-order valence-corrected chi connectivity index (χ0v) is 18.2. The first kappa shape index (κ1) is 19.8. The van der Waals surface area contributed by atoms with Crippen LogP contribution in [0.5, 0.6) is 0 Å². The molecule has 27 heavy (non-hydrogen) atoms. The maximum Gasteiger partial charge on any atom is 0.0904 e. The Balaban J connectivity index is 1.93. The molecule has 0 N–H and O–H groups in total. The lowest BCUT2D eigenvalue weighted by Gasteiger charge is -2.28. The Labute approximate surface area is 166 Å². The fraction of sp³-hybridized carbons (Fsp3) is 0.520. The third-order valence-electron chi connectivity index (χ3n) is 5.70. The number of rotatable bonds is 6. The molecule has 1 aliphatic rings. The Hall–Kier alpha value is -1.96. The molecule has 1 fully saturated rings. The van der Waals surface area contributed by atoms with Gasteiger partial charge in [-0.2, -0.15) is 0 Å². The van der Waals surface area contributed by atoms with Gasteiger partial charge in [0, 0.05) is 24.5 Å². The maximum absolute atomic E-state index is 2.61. The van der Waals surface area contributed by atoms with Gasteiger partial charge in [0.1, 0.15) is 0 Å². The third-order valence-corrected chi connectivity index (χ3v) is 5.70. The molecule has 3 rings (SSSR count). The normalized spacial score (nSPS) is 14.3. The average molecular weight is 365 g/mol. The van der Waals surface area contributed by atoms with E-state index >= 15 is 0 Å². The second-order valence-corrected chi connectivity index (χ2v) is 8.35. The fourth-order valence-electron chi connectivity index (χ4n) is 4.87. The molecule has 2 aromatic carbocycles. The molecule has 2 heteroatoms. The minimum Gasteiger partial charge on any atom is -0.352 e. The van der Waals surface area contributed by atoms with E-state index in [1.165, 1.54) is 70.4 Å². The van der Waals surface area contributed by atoms with Crippen molar-refractivity contribution in [3.05, 3.63) is 57.6 Å². The van der Waals surface area contributed by atoms with Gasteiger partial charge in [-0.3, -0.25) is 0 Å². The van der Waals surface area contributed by atoms with Gasteiger partial charge in [-0.15, -0.1) is 0 Å². The van der Waals surface area contributed by atoms with Crippen molar-refractivity contribution in [2.24, 2.45) is 0 Å². The number of anilines is 2. The monoisotopic (exact) mass is 364 g/mol. The highest BCUT2D eigenvalue weighted by atomic mass is 15.4. The summed E-state index contributed by atoms with van der Waals surface area (Å²) in [5.41, 5.74) is 11.6. The first-order valence-electron chi connectivity index (χ1n) is 10.6. The van der Waals surface area contributed by atoms with Crippen LogP contribution in [0.1, 0.15) is 60.1 Å². The van der Waals surface area contributed by atoms with Crippen molar-refractivity contribution in [1.29, 1.82) is 0 Å². The summed E-state index contributed by atoms with van der Waals surface area (Å²) in [4.78, 5) is 5.21. The Morgan fingerprint density at radius 2 is 1.07 bits per heavy atom. The Kier molecular flexibility index (Phi) is 6.14. The van der Waals surface area contributed by atoms with E-state index in [0.29, 0.717) is 0 Å². The van der Waals surface area contributed by atoms with Crippen molar-refractivity contribution in [2.45, 2.75) is 67.2 Å². The van der Waals surface area contributed by atoms with E-state index in [1.807, 2.05) is 0 Å². The van der Waals surface area contributed by atoms with E-state index in [9.17, 15) is 0 Å². The van der Waals surface area contributed by atoms with Gasteiger partial charge >= 0.3 is 0 Å². The zero-order valence-electron chi connectivity index (χ0n) is 18.2. The molecule has 1 heterocycles. The molecule has 1 aliphatic heterocycles. The van der Waals surface area contributed by atoms with Gasteiger partial charge in [0.15, 0.2) is 0 Å². The van der Waals surface area contributed by atoms with E-state index in [2.05, 4.69) is 75.6 Å². The molecule has 0 saturated carbocycles. The van der Waals surface area contributed by atoms with Crippen LogP contribution < -0.4 is 9.80 Å². The van der Waals surface area contributed by atoms with Crippen LogP contribution in [-0.4, -0.2) is 19.8 Å². The van der Waals surface area contributed by atoms with Crippen LogP contribution in [0.4, 0.5) is 11.4 Å². The van der Waals surface area contributed by atoms with Crippen molar-refractivity contribution in [2.75, 3.05) is 29.6 Å². The van der Waals surface area contributed by atoms with Gasteiger partial charge in [-0.1, -0.05) is 62.1 Å². The zero-order chi connectivity index (χ0) is 19.6. The van der Waals surface area contributed by atoms with Crippen LogP contribution in [0.25, 0.3) is 0 Å². The highest BCUT2D eigenvalue weighted by Crippen LogP contribution is 2.34. The van der Waals surface area contributed by atoms with E-state index in [0.717, 1.165) is 19.8 Å². The fourth-order valence-corrected chi connectivity index (χ4v) is 4.87. The highest BCUT2D eigenvalue weighted by Gasteiger charge is 2.26. The van der Waals surface area contributed by atoms with Crippen LogP contribution in [0.3, 0.4) is 0 Å². The lowest BCUT2D eigenvalue weighted by atomic mass is 9.99. The quantitative estimate of drug-likeness (QED) is 0.610. The molecular formula is C25H36N2. The second kappa shape index (κ2) is 8.37. The van der Waals surface area contributed by atoms with E-state index in [-0.39, 0.29) is 0 Å². The van der Waals surface area contributed by atoms with Gasteiger partial charge in [0.2, 0.25) is 0 Å². The number of nitrogens with zero attached hydrogens (tertiary/aromatic N) is 2. The van der Waals surface area contributed by atoms with Gasteiger partial charge in [-0.25, -0.2) is 0 Å². The second-order valence-electron chi connectivity index (χ2n) is 8.35. The van der Waals surface area contributed by atoms with Gasteiger partial charge in [0.25, 0.3) is 0 Å². The number of benzene rings is 2. The third kappa shape index (κ3) is 4.15. The smallest absolute Gasteiger partial charge is 0.0904 e. The molecule has 0 amide bonds. The largest absolute Gasteiger partial charge is 0.352 e. The topological polar surface area (TPSA) is 6.48 Å². The molecule has 0 unspecified atom stereocenters. The van der Waals surface area contributed by atoms with Crippen LogP contribution in [0.15, 0.2) is 24.3 Å². The molecule has 0 spiro atoms. The number of hydrogen-bond donors (Lipinski definition) is 0. The molecule has 0 radical (unpaired) electrons. The molecule has 0 aliphatic carbocycles. The van der Waals surface area contributed by atoms with Crippen molar-refractivity contribution >= 4 is 11.4 Å². The predicted octanol–water partition coefficient (Wildman–Crippen LogP) is 6.11. The van der Waals surface area contributed by atoms with Gasteiger partial charge in [-0.05, 0) is 62.8 Å². The molecule has 0 bridgehead atoms. The summed E-state index contributed by atoms with van der Waals surface area (Å²) in [6.45, 7) is 16.8. The van der Waals surface area contributed by atoms with Crippen LogP contribution >= 0.6 is 0 Å². The Morgan fingerprint density at radius 1 is 0.667 bits per heavy atom. The molecule has 0 aromatic heterocycles. The lowest BCUT2D eigenvalue weighted by molar-refractivity contribution is 0.872. The highest BCUT2D eigenvalue weighted by molar-refractivity contribution is 5.67. The summed E-state index contributed by atoms with van der Waals surface area (Å²) in [7, 11) is 0. The molecule has 146 valence electrons. The summed E-state index contributed by atoms with van der Waals surface area (Å²) in [5, 5.41) is 0. The number of hydrogen-bond acceptors (Lipinski definition) is 2. The minimum atomic E-state index is 1.00. The molecule has 1 saturated heterocycles. The van der Waals surface area contributed by atoms with Crippen molar-refractivity contribution in [1.82, 2.24) is 0 Å². The summed E-state index contributed by atoms with van der Waals surface area (Å²) >= 11 is 0. The summed E-state index contributed by atoms with van der Waals surface area (Å²) in [5.74, 6) is 0. The molecule has 0 atom stereocenters. The van der Waals surface area contributed by atoms with Crippen LogP contribution in [0, 0.1) is 27.7 Å². The summed E-state index contributed by atoms with van der Waals surface area (Å²) in [6.07, 6.45) is 4.73. The molecular weight excluding hydrogens is 328 g/mol.